The van der Waals surface area contributed by atoms with Gasteiger partial charge in [0.1, 0.15) is 0 Å². The average molecular weight is 258 g/mol. The number of rotatable bonds is 2. The molecule has 0 bridgehead atoms. The molecule has 0 aliphatic heterocycles. The Bertz CT molecular complexity index is 703. The quantitative estimate of drug-likeness (QED) is 0.716. The number of hydrogen-bond acceptors (Lipinski definition) is 2. The van der Waals surface area contributed by atoms with Crippen molar-refractivity contribution >= 4 is 28.2 Å². The van der Waals surface area contributed by atoms with Gasteiger partial charge in [0.2, 0.25) is 0 Å². The Labute approximate surface area is 110 Å². The Balaban J connectivity index is 2.06. The van der Waals surface area contributed by atoms with Crippen molar-refractivity contribution in [2.24, 2.45) is 0 Å². The van der Waals surface area contributed by atoms with E-state index in [4.69, 9.17) is 17.3 Å². The molecule has 3 nitrogen and oxygen atoms in total. The first-order valence-corrected chi connectivity index (χ1v) is 6.05. The van der Waals surface area contributed by atoms with Crippen molar-refractivity contribution in [2.45, 2.75) is 6.54 Å². The van der Waals surface area contributed by atoms with Crippen LogP contribution in [0.15, 0.2) is 48.9 Å². The van der Waals surface area contributed by atoms with Crippen LogP contribution in [0, 0.1) is 0 Å². The summed E-state index contributed by atoms with van der Waals surface area (Å²) >= 11 is 6.12. The summed E-state index contributed by atoms with van der Waals surface area (Å²) in [5, 5.41) is 1.76. The third-order valence-corrected chi connectivity index (χ3v) is 3.38. The smallest absolute Gasteiger partial charge is 0.0639 e. The van der Waals surface area contributed by atoms with Gasteiger partial charge in [-0.15, -0.1) is 0 Å². The molecule has 3 rings (SSSR count). The molecule has 0 fully saturated rings. The van der Waals surface area contributed by atoms with Crippen molar-refractivity contribution in [3.63, 3.8) is 0 Å². The second kappa shape index (κ2) is 4.35. The Kier molecular flexibility index (Phi) is 2.68. The monoisotopic (exact) mass is 257 g/mol. The van der Waals surface area contributed by atoms with Crippen molar-refractivity contribution in [2.75, 3.05) is 5.73 Å². The van der Waals surface area contributed by atoms with E-state index in [-0.39, 0.29) is 0 Å². The SMILES string of the molecule is Nc1cccc2c1ccn2Cc1ccncc1Cl. The zero-order valence-corrected chi connectivity index (χ0v) is 10.4. The zero-order chi connectivity index (χ0) is 12.5. The van der Waals surface area contributed by atoms with E-state index in [1.807, 2.05) is 30.5 Å². The van der Waals surface area contributed by atoms with Crippen LogP contribution in [0.2, 0.25) is 5.02 Å². The van der Waals surface area contributed by atoms with E-state index in [9.17, 15) is 0 Å². The van der Waals surface area contributed by atoms with E-state index in [0.29, 0.717) is 11.6 Å². The molecule has 0 radical (unpaired) electrons. The standard InChI is InChI=1S/C14H12ClN3/c15-12-8-17-6-4-10(12)9-18-7-5-11-13(16)2-1-3-14(11)18/h1-8H,9,16H2. The van der Waals surface area contributed by atoms with Crippen LogP contribution in [0.4, 0.5) is 5.69 Å². The number of nitrogens with zero attached hydrogens (tertiary/aromatic N) is 2. The van der Waals surface area contributed by atoms with Crippen LogP contribution < -0.4 is 5.73 Å². The first-order chi connectivity index (χ1) is 8.75. The molecule has 0 atom stereocenters. The van der Waals surface area contributed by atoms with Gasteiger partial charge in [-0.3, -0.25) is 4.98 Å². The van der Waals surface area contributed by atoms with Gasteiger partial charge in [0.25, 0.3) is 0 Å². The molecule has 0 amide bonds. The predicted octanol–water partition coefficient (Wildman–Crippen LogP) is 3.32. The molecule has 0 spiro atoms. The average Bonchev–Trinajstić information content (AvgIpc) is 2.77. The van der Waals surface area contributed by atoms with Gasteiger partial charge >= 0.3 is 0 Å². The molecular formula is C14H12ClN3. The number of nitrogens with two attached hydrogens (primary N) is 1. The number of anilines is 1. The Morgan fingerprint density at radius 1 is 1.22 bits per heavy atom. The topological polar surface area (TPSA) is 43.8 Å². The molecule has 4 heteroatoms. The summed E-state index contributed by atoms with van der Waals surface area (Å²) in [7, 11) is 0. The number of nitrogen functional groups attached to an aromatic ring is 1. The van der Waals surface area contributed by atoms with Crippen LogP contribution >= 0.6 is 11.6 Å². The third kappa shape index (κ3) is 1.83. The molecule has 1 aromatic carbocycles. The lowest BCUT2D eigenvalue weighted by Crippen LogP contribution is -1.99. The first-order valence-electron chi connectivity index (χ1n) is 5.67. The number of hydrogen-bond donors (Lipinski definition) is 1. The maximum absolute atomic E-state index is 6.12. The highest BCUT2D eigenvalue weighted by Crippen LogP contribution is 2.24. The summed E-state index contributed by atoms with van der Waals surface area (Å²) in [6, 6.07) is 9.88. The maximum atomic E-state index is 6.12. The minimum atomic E-state index is 0.684. The van der Waals surface area contributed by atoms with Gasteiger partial charge in [-0.1, -0.05) is 17.7 Å². The van der Waals surface area contributed by atoms with E-state index in [1.165, 1.54) is 0 Å². The molecule has 3 aromatic rings. The summed E-state index contributed by atoms with van der Waals surface area (Å²) in [4.78, 5) is 3.99. The van der Waals surface area contributed by atoms with E-state index < -0.39 is 0 Å². The van der Waals surface area contributed by atoms with Crippen LogP contribution in [0.5, 0.6) is 0 Å². The molecule has 18 heavy (non-hydrogen) atoms. The Morgan fingerprint density at radius 2 is 2.11 bits per heavy atom. The first kappa shape index (κ1) is 11.1. The van der Waals surface area contributed by atoms with Crippen molar-refractivity contribution in [3.8, 4) is 0 Å². The van der Waals surface area contributed by atoms with Crippen LogP contribution in [0.25, 0.3) is 10.9 Å². The summed E-state index contributed by atoms with van der Waals surface area (Å²) in [6.07, 6.45) is 5.44. The van der Waals surface area contributed by atoms with Crippen LogP contribution in [-0.2, 0) is 6.54 Å². The van der Waals surface area contributed by atoms with E-state index in [0.717, 1.165) is 22.2 Å². The lowest BCUT2D eigenvalue weighted by molar-refractivity contribution is 0.835. The zero-order valence-electron chi connectivity index (χ0n) is 9.68. The van der Waals surface area contributed by atoms with Gasteiger partial charge < -0.3 is 10.3 Å². The van der Waals surface area contributed by atoms with Crippen LogP contribution in [0.1, 0.15) is 5.56 Å². The highest BCUT2D eigenvalue weighted by Gasteiger charge is 2.05. The summed E-state index contributed by atoms with van der Waals surface area (Å²) in [5.41, 5.74) is 8.90. The minimum absolute atomic E-state index is 0.684. The second-order valence-corrected chi connectivity index (χ2v) is 4.60. The lowest BCUT2D eigenvalue weighted by Gasteiger charge is -2.07. The van der Waals surface area contributed by atoms with E-state index >= 15 is 0 Å². The van der Waals surface area contributed by atoms with Gasteiger partial charge in [-0.25, -0.2) is 0 Å². The molecule has 0 unspecified atom stereocenters. The molecule has 0 saturated heterocycles. The Hall–Kier alpha value is -2.00. The molecule has 90 valence electrons. The van der Waals surface area contributed by atoms with Crippen molar-refractivity contribution in [1.29, 1.82) is 0 Å². The van der Waals surface area contributed by atoms with E-state index in [1.54, 1.807) is 12.4 Å². The third-order valence-electron chi connectivity index (χ3n) is 3.04. The molecule has 0 aliphatic rings. The molecular weight excluding hydrogens is 246 g/mol. The predicted molar refractivity (Wildman–Crippen MR) is 74.7 cm³/mol. The normalized spacial score (nSPS) is 10.9. The second-order valence-electron chi connectivity index (χ2n) is 4.19. The fourth-order valence-corrected chi connectivity index (χ4v) is 2.28. The number of fused-ring (bicyclic) bond motifs is 1. The van der Waals surface area contributed by atoms with Gasteiger partial charge in [0, 0.05) is 36.2 Å². The number of aromatic nitrogens is 2. The van der Waals surface area contributed by atoms with Gasteiger partial charge in [-0.05, 0) is 29.8 Å². The molecule has 2 aromatic heterocycles. The van der Waals surface area contributed by atoms with Gasteiger partial charge in [-0.2, -0.15) is 0 Å². The highest BCUT2D eigenvalue weighted by molar-refractivity contribution is 6.31. The summed E-state index contributed by atoms with van der Waals surface area (Å²) in [6.45, 7) is 0.717. The molecule has 2 heterocycles. The highest BCUT2D eigenvalue weighted by atomic mass is 35.5. The molecule has 2 N–H and O–H groups in total. The number of benzene rings is 1. The van der Waals surface area contributed by atoms with Crippen molar-refractivity contribution in [1.82, 2.24) is 9.55 Å². The Morgan fingerprint density at radius 3 is 2.94 bits per heavy atom. The van der Waals surface area contributed by atoms with E-state index in [2.05, 4.69) is 15.6 Å². The van der Waals surface area contributed by atoms with Gasteiger partial charge in [0.15, 0.2) is 0 Å². The van der Waals surface area contributed by atoms with Crippen molar-refractivity contribution < 1.29 is 0 Å². The van der Waals surface area contributed by atoms with Crippen molar-refractivity contribution in [3.05, 3.63) is 59.5 Å². The maximum Gasteiger partial charge on any atom is 0.0639 e. The summed E-state index contributed by atoms with van der Waals surface area (Å²) in [5.74, 6) is 0. The van der Waals surface area contributed by atoms with Gasteiger partial charge in [0.05, 0.1) is 10.5 Å². The molecule has 0 aliphatic carbocycles. The summed E-state index contributed by atoms with van der Waals surface area (Å²) < 4.78 is 2.13. The van der Waals surface area contributed by atoms with Crippen LogP contribution in [0.3, 0.4) is 0 Å². The molecule has 0 saturated carbocycles. The number of pyridine rings is 1. The minimum Gasteiger partial charge on any atom is -0.398 e. The van der Waals surface area contributed by atoms with Crippen LogP contribution in [-0.4, -0.2) is 9.55 Å². The fourth-order valence-electron chi connectivity index (χ4n) is 2.10. The lowest BCUT2D eigenvalue weighted by atomic mass is 10.2. The largest absolute Gasteiger partial charge is 0.398 e. The fraction of sp³-hybridized carbons (Fsp3) is 0.0714. The number of halogens is 1.